The largest absolute Gasteiger partial charge is 0.480 e. The monoisotopic (exact) mass is 294 g/mol. The molecule has 1 amide bonds. The third-order valence-electron chi connectivity index (χ3n) is 2.49. The molecule has 0 aromatic carbocycles. The smallest absolute Gasteiger partial charge is 0.452 e. The molecule has 0 aliphatic heterocycles. The average molecular weight is 294 g/mol. The summed E-state index contributed by atoms with van der Waals surface area (Å²) in [6.07, 6.45) is -3.05. The number of carbonyl (C=O) groups is 2. The van der Waals surface area contributed by atoms with E-state index in [-0.39, 0.29) is 6.42 Å². The Morgan fingerprint density at radius 1 is 1.50 bits per heavy atom. The van der Waals surface area contributed by atoms with Gasteiger partial charge in [-0.1, -0.05) is 19.8 Å². The van der Waals surface area contributed by atoms with Crippen LogP contribution in [0.4, 0.5) is 13.2 Å². The Kier molecular flexibility index (Phi) is 5.12. The molecular weight excluding hydrogens is 281 g/mol. The lowest BCUT2D eigenvalue weighted by Crippen LogP contribution is -2.41. The Balaban J connectivity index is 2.85. The SMILES string of the molecule is CCCCC(NC(=O)c1ncoc1C(F)(F)F)C(=O)O. The molecule has 9 heteroatoms. The van der Waals surface area contributed by atoms with Gasteiger partial charge in [-0.2, -0.15) is 13.2 Å². The first-order valence-corrected chi connectivity index (χ1v) is 5.81. The molecule has 1 aromatic rings. The van der Waals surface area contributed by atoms with Crippen molar-refractivity contribution < 1.29 is 32.3 Å². The van der Waals surface area contributed by atoms with E-state index in [0.29, 0.717) is 19.2 Å². The van der Waals surface area contributed by atoms with Gasteiger partial charge in [0.25, 0.3) is 5.91 Å². The summed E-state index contributed by atoms with van der Waals surface area (Å²) < 4.78 is 41.7. The number of rotatable bonds is 6. The van der Waals surface area contributed by atoms with Crippen LogP contribution in [0.25, 0.3) is 0 Å². The van der Waals surface area contributed by atoms with Crippen LogP contribution >= 0.6 is 0 Å². The Morgan fingerprint density at radius 3 is 2.65 bits per heavy atom. The topological polar surface area (TPSA) is 92.4 Å². The molecule has 1 unspecified atom stereocenters. The Morgan fingerprint density at radius 2 is 2.15 bits per heavy atom. The number of halogens is 3. The molecule has 1 aromatic heterocycles. The molecule has 0 bridgehead atoms. The number of carbonyl (C=O) groups excluding carboxylic acids is 1. The van der Waals surface area contributed by atoms with E-state index in [2.05, 4.69) is 9.40 Å². The lowest BCUT2D eigenvalue weighted by atomic mass is 10.1. The Labute approximate surface area is 112 Å². The van der Waals surface area contributed by atoms with Crippen molar-refractivity contribution >= 4 is 11.9 Å². The standard InChI is InChI=1S/C11H13F3N2O4/c1-2-3-4-6(10(18)19)16-9(17)7-8(11(12,13)14)20-5-15-7/h5-6H,2-4H2,1H3,(H,16,17)(H,18,19). The number of hydrogen-bond donors (Lipinski definition) is 2. The highest BCUT2D eigenvalue weighted by molar-refractivity contribution is 5.95. The number of carboxylic acid groups (broad SMARTS) is 1. The molecule has 112 valence electrons. The molecule has 2 N–H and O–H groups in total. The fourth-order valence-electron chi connectivity index (χ4n) is 1.50. The molecule has 0 saturated heterocycles. The van der Waals surface area contributed by atoms with Gasteiger partial charge in [0.2, 0.25) is 5.76 Å². The highest BCUT2D eigenvalue weighted by Gasteiger charge is 2.41. The van der Waals surface area contributed by atoms with Gasteiger partial charge in [0.1, 0.15) is 6.04 Å². The molecule has 0 fully saturated rings. The summed E-state index contributed by atoms with van der Waals surface area (Å²) in [6.45, 7) is 1.82. The van der Waals surface area contributed by atoms with E-state index in [1.807, 2.05) is 12.2 Å². The first-order chi connectivity index (χ1) is 9.27. The summed E-state index contributed by atoms with van der Waals surface area (Å²) in [7, 11) is 0. The van der Waals surface area contributed by atoms with Crippen LogP contribution in [0.2, 0.25) is 0 Å². The predicted octanol–water partition coefficient (Wildman–Crippen LogP) is 2.07. The minimum Gasteiger partial charge on any atom is -0.480 e. The quantitative estimate of drug-likeness (QED) is 0.837. The van der Waals surface area contributed by atoms with Gasteiger partial charge in [-0.05, 0) is 6.42 Å². The van der Waals surface area contributed by atoms with Crippen molar-refractivity contribution in [2.45, 2.75) is 38.4 Å². The minimum absolute atomic E-state index is 0.122. The zero-order valence-corrected chi connectivity index (χ0v) is 10.5. The molecule has 0 aliphatic carbocycles. The zero-order valence-electron chi connectivity index (χ0n) is 10.5. The number of nitrogens with zero attached hydrogens (tertiary/aromatic N) is 1. The van der Waals surface area contributed by atoms with Gasteiger partial charge in [-0.15, -0.1) is 0 Å². The molecule has 20 heavy (non-hydrogen) atoms. The average Bonchev–Trinajstić information content (AvgIpc) is 2.82. The van der Waals surface area contributed by atoms with Gasteiger partial charge < -0.3 is 14.8 Å². The lowest BCUT2D eigenvalue weighted by molar-refractivity contribution is -0.153. The number of aliphatic carboxylic acids is 1. The fourth-order valence-corrected chi connectivity index (χ4v) is 1.50. The number of unbranched alkanes of at least 4 members (excludes halogenated alkanes) is 1. The maximum absolute atomic E-state index is 12.5. The zero-order chi connectivity index (χ0) is 15.3. The summed E-state index contributed by atoms with van der Waals surface area (Å²) in [4.78, 5) is 25.7. The lowest BCUT2D eigenvalue weighted by Gasteiger charge is -2.13. The maximum Gasteiger partial charge on any atom is 0.452 e. The second kappa shape index (κ2) is 6.40. The van der Waals surface area contributed by atoms with Crippen molar-refractivity contribution in [1.29, 1.82) is 0 Å². The molecule has 1 heterocycles. The van der Waals surface area contributed by atoms with E-state index < -0.39 is 35.5 Å². The summed E-state index contributed by atoms with van der Waals surface area (Å²) in [6, 6.07) is -1.26. The third kappa shape index (κ3) is 3.97. The number of alkyl halides is 3. The van der Waals surface area contributed by atoms with Crippen molar-refractivity contribution in [2.75, 3.05) is 0 Å². The maximum atomic E-state index is 12.5. The number of carboxylic acids is 1. The minimum atomic E-state index is -4.87. The molecule has 0 aliphatic rings. The van der Waals surface area contributed by atoms with Gasteiger partial charge in [0.05, 0.1) is 0 Å². The van der Waals surface area contributed by atoms with Crippen molar-refractivity contribution in [3.05, 3.63) is 17.8 Å². The second-order valence-electron chi connectivity index (χ2n) is 4.03. The first-order valence-electron chi connectivity index (χ1n) is 5.81. The predicted molar refractivity (Wildman–Crippen MR) is 59.9 cm³/mol. The Bertz CT molecular complexity index is 484. The number of amides is 1. The van der Waals surface area contributed by atoms with E-state index in [1.165, 1.54) is 0 Å². The van der Waals surface area contributed by atoms with Crippen LogP contribution < -0.4 is 5.32 Å². The number of aromatic nitrogens is 1. The molecule has 0 saturated carbocycles. The van der Waals surface area contributed by atoms with Crippen LogP contribution in [0.1, 0.15) is 42.4 Å². The number of nitrogens with one attached hydrogen (secondary N) is 1. The van der Waals surface area contributed by atoms with E-state index >= 15 is 0 Å². The molecule has 1 atom stereocenters. The van der Waals surface area contributed by atoms with E-state index in [4.69, 9.17) is 5.11 Å². The van der Waals surface area contributed by atoms with Crippen molar-refractivity contribution in [3.8, 4) is 0 Å². The van der Waals surface area contributed by atoms with Gasteiger partial charge >= 0.3 is 12.1 Å². The molecule has 0 spiro atoms. The Hall–Kier alpha value is -2.06. The van der Waals surface area contributed by atoms with Crippen LogP contribution in [-0.2, 0) is 11.0 Å². The van der Waals surface area contributed by atoms with Gasteiger partial charge in [0, 0.05) is 0 Å². The van der Waals surface area contributed by atoms with Crippen molar-refractivity contribution in [2.24, 2.45) is 0 Å². The van der Waals surface area contributed by atoms with E-state index in [0.717, 1.165) is 0 Å². The second-order valence-corrected chi connectivity index (χ2v) is 4.03. The van der Waals surface area contributed by atoms with Crippen LogP contribution in [0.5, 0.6) is 0 Å². The summed E-state index contributed by atoms with van der Waals surface area (Å²) in [5.74, 6) is -4.09. The number of hydrogen-bond acceptors (Lipinski definition) is 4. The van der Waals surface area contributed by atoms with E-state index in [1.54, 1.807) is 0 Å². The van der Waals surface area contributed by atoms with Crippen LogP contribution in [0, 0.1) is 0 Å². The van der Waals surface area contributed by atoms with Gasteiger partial charge in [-0.3, -0.25) is 4.79 Å². The summed E-state index contributed by atoms with van der Waals surface area (Å²) in [5.41, 5.74) is -0.972. The fraction of sp³-hybridized carbons (Fsp3) is 0.545. The van der Waals surface area contributed by atoms with Gasteiger partial charge in [-0.25, -0.2) is 9.78 Å². The number of oxazole rings is 1. The molecule has 6 nitrogen and oxygen atoms in total. The summed E-state index contributed by atoms with van der Waals surface area (Å²) >= 11 is 0. The van der Waals surface area contributed by atoms with E-state index in [9.17, 15) is 22.8 Å². The van der Waals surface area contributed by atoms with Crippen molar-refractivity contribution in [3.63, 3.8) is 0 Å². The third-order valence-corrected chi connectivity index (χ3v) is 2.49. The van der Waals surface area contributed by atoms with Crippen LogP contribution in [0.3, 0.4) is 0 Å². The van der Waals surface area contributed by atoms with Gasteiger partial charge in [0.15, 0.2) is 12.1 Å². The normalized spacial score (nSPS) is 13.0. The van der Waals surface area contributed by atoms with Crippen LogP contribution in [-0.4, -0.2) is 28.0 Å². The van der Waals surface area contributed by atoms with Crippen molar-refractivity contribution in [1.82, 2.24) is 10.3 Å². The molecule has 1 rings (SSSR count). The highest BCUT2D eigenvalue weighted by Crippen LogP contribution is 2.31. The molecule has 0 radical (unpaired) electrons. The summed E-state index contributed by atoms with van der Waals surface area (Å²) in [5, 5.41) is 10.9. The highest BCUT2D eigenvalue weighted by atomic mass is 19.4. The first kappa shape index (κ1) is 16.0. The molecular formula is C11H13F3N2O4. The van der Waals surface area contributed by atoms with Crippen LogP contribution in [0.15, 0.2) is 10.8 Å².